The first-order chi connectivity index (χ1) is 11.5. The Kier molecular flexibility index (Phi) is 3.49. The molecule has 2 aromatic rings. The zero-order chi connectivity index (χ0) is 16.8. The lowest BCUT2D eigenvalue weighted by atomic mass is 10.1. The van der Waals surface area contributed by atoms with Gasteiger partial charge in [-0.05, 0) is 25.8 Å². The molecule has 2 aliphatic rings. The van der Waals surface area contributed by atoms with Crippen LogP contribution in [0.5, 0.6) is 0 Å². The van der Waals surface area contributed by atoms with Crippen LogP contribution in [-0.2, 0) is 4.79 Å². The number of hydrogen-bond donors (Lipinski definition) is 2. The molecular formula is C16H18N4O4. The van der Waals surface area contributed by atoms with Gasteiger partial charge in [-0.25, -0.2) is 4.98 Å². The Hall–Kier alpha value is -2.48. The molecule has 2 aromatic heterocycles. The van der Waals surface area contributed by atoms with Gasteiger partial charge in [0, 0.05) is 31.2 Å². The highest BCUT2D eigenvalue weighted by Crippen LogP contribution is 2.40. The zero-order valence-corrected chi connectivity index (χ0v) is 13.3. The molecule has 4 rings (SSSR count). The maximum atomic E-state index is 13.0. The Bertz CT molecular complexity index is 827. The van der Waals surface area contributed by atoms with Crippen LogP contribution in [0.2, 0.25) is 0 Å². The predicted molar refractivity (Wildman–Crippen MR) is 83.8 cm³/mol. The van der Waals surface area contributed by atoms with E-state index in [4.69, 9.17) is 4.52 Å². The lowest BCUT2D eigenvalue weighted by Gasteiger charge is -2.31. The van der Waals surface area contributed by atoms with Crippen molar-refractivity contribution in [2.75, 3.05) is 19.6 Å². The van der Waals surface area contributed by atoms with E-state index in [1.54, 1.807) is 11.8 Å². The Morgan fingerprint density at radius 3 is 2.92 bits per heavy atom. The van der Waals surface area contributed by atoms with Gasteiger partial charge in [-0.15, -0.1) is 0 Å². The van der Waals surface area contributed by atoms with Crippen LogP contribution in [0, 0.1) is 6.92 Å². The van der Waals surface area contributed by atoms with Gasteiger partial charge in [0.2, 0.25) is 0 Å². The smallest absolute Gasteiger partial charge is 0.322 e. The van der Waals surface area contributed by atoms with E-state index in [0.717, 1.165) is 18.5 Å². The van der Waals surface area contributed by atoms with Crippen molar-refractivity contribution >= 4 is 23.0 Å². The number of amides is 1. The normalized spacial score (nSPS) is 21.2. The first-order valence-corrected chi connectivity index (χ1v) is 8.07. The summed E-state index contributed by atoms with van der Waals surface area (Å²) < 4.78 is 5.27. The molecule has 8 nitrogen and oxygen atoms in total. The highest BCUT2D eigenvalue weighted by Gasteiger charge is 2.32. The minimum absolute atomic E-state index is 0.140. The summed E-state index contributed by atoms with van der Waals surface area (Å²) >= 11 is 0. The third-order valence-electron chi connectivity index (χ3n) is 4.62. The molecule has 3 heterocycles. The molecule has 2 fully saturated rings. The molecule has 0 unspecified atom stereocenters. The molecule has 0 aromatic carbocycles. The van der Waals surface area contributed by atoms with Crippen molar-refractivity contribution in [1.82, 2.24) is 20.4 Å². The largest absolute Gasteiger partial charge is 0.480 e. The summed E-state index contributed by atoms with van der Waals surface area (Å²) in [6, 6.07) is 1.08. The number of hydrogen-bond acceptors (Lipinski definition) is 6. The van der Waals surface area contributed by atoms with Crippen molar-refractivity contribution in [2.24, 2.45) is 0 Å². The van der Waals surface area contributed by atoms with Gasteiger partial charge in [0.25, 0.3) is 11.6 Å². The van der Waals surface area contributed by atoms with E-state index in [-0.39, 0.29) is 12.5 Å². The maximum Gasteiger partial charge on any atom is 0.322 e. The maximum absolute atomic E-state index is 13.0. The van der Waals surface area contributed by atoms with Crippen molar-refractivity contribution in [3.63, 3.8) is 0 Å². The summed E-state index contributed by atoms with van der Waals surface area (Å²) in [7, 11) is 0. The minimum atomic E-state index is -0.952. The fourth-order valence-corrected chi connectivity index (χ4v) is 3.14. The van der Waals surface area contributed by atoms with Crippen molar-refractivity contribution in [1.29, 1.82) is 0 Å². The quantitative estimate of drug-likeness (QED) is 0.861. The Balaban J connectivity index is 1.73. The molecule has 1 aliphatic heterocycles. The molecule has 2 N–H and O–H groups in total. The molecule has 24 heavy (non-hydrogen) atoms. The van der Waals surface area contributed by atoms with Gasteiger partial charge in [-0.2, -0.15) is 0 Å². The number of piperazine rings is 1. The standard InChI is InChI=1S/C16H18N4O4/c1-8-13-10(6-11(9-2-3-9)18-14(13)24-19-8)15(21)20-5-4-17-12(7-20)16(22)23/h6,9,12,17H,2-5,7H2,1H3,(H,22,23)/t12-/m1/s1. The number of fused-ring (bicyclic) bond motifs is 1. The third-order valence-corrected chi connectivity index (χ3v) is 4.62. The van der Waals surface area contributed by atoms with E-state index in [1.807, 2.05) is 6.07 Å². The molecule has 0 spiro atoms. The van der Waals surface area contributed by atoms with Gasteiger partial charge in [0.1, 0.15) is 6.04 Å². The number of nitrogens with one attached hydrogen (secondary N) is 1. The van der Waals surface area contributed by atoms with Crippen LogP contribution in [0.25, 0.3) is 11.1 Å². The van der Waals surface area contributed by atoms with E-state index in [1.165, 1.54) is 0 Å². The molecule has 126 valence electrons. The molecule has 0 bridgehead atoms. The van der Waals surface area contributed by atoms with Crippen molar-refractivity contribution in [2.45, 2.75) is 31.7 Å². The first kappa shape index (κ1) is 15.1. The molecule has 8 heteroatoms. The molecule has 1 saturated carbocycles. The number of carboxylic acids is 1. The fraction of sp³-hybridized carbons (Fsp3) is 0.500. The second-order valence-corrected chi connectivity index (χ2v) is 6.41. The van der Waals surface area contributed by atoms with Gasteiger partial charge in [-0.1, -0.05) is 5.16 Å². The van der Waals surface area contributed by atoms with Crippen molar-refractivity contribution in [3.05, 3.63) is 23.0 Å². The topological polar surface area (TPSA) is 109 Å². The summed E-state index contributed by atoms with van der Waals surface area (Å²) in [4.78, 5) is 30.3. The predicted octanol–water partition coefficient (Wildman–Crippen LogP) is 0.907. The van der Waals surface area contributed by atoms with Crippen LogP contribution in [-0.4, -0.2) is 57.7 Å². The van der Waals surface area contributed by atoms with Crippen LogP contribution >= 0.6 is 0 Å². The average molecular weight is 330 g/mol. The summed E-state index contributed by atoms with van der Waals surface area (Å²) in [6.45, 7) is 2.84. The number of pyridine rings is 1. The number of carboxylic acid groups (broad SMARTS) is 1. The Labute approximate surface area is 137 Å². The second kappa shape index (κ2) is 5.55. The van der Waals surface area contributed by atoms with E-state index >= 15 is 0 Å². The SMILES string of the molecule is Cc1noc2nc(C3CC3)cc(C(=O)N3CCN[C@@H](C(=O)O)C3)c12. The number of nitrogens with zero attached hydrogens (tertiary/aromatic N) is 3. The number of rotatable bonds is 3. The summed E-state index contributed by atoms with van der Waals surface area (Å²) in [6.07, 6.45) is 2.13. The molecule has 1 amide bonds. The van der Waals surface area contributed by atoms with Crippen LogP contribution in [0.4, 0.5) is 0 Å². The second-order valence-electron chi connectivity index (χ2n) is 6.41. The zero-order valence-electron chi connectivity index (χ0n) is 13.3. The lowest BCUT2D eigenvalue weighted by Crippen LogP contribution is -2.55. The summed E-state index contributed by atoms with van der Waals surface area (Å²) in [5, 5.41) is 16.6. The number of aliphatic carboxylic acids is 1. The molecule has 1 aliphatic carbocycles. The van der Waals surface area contributed by atoms with Gasteiger partial charge in [0.15, 0.2) is 0 Å². The van der Waals surface area contributed by atoms with Crippen LogP contribution in [0.1, 0.15) is 40.5 Å². The minimum Gasteiger partial charge on any atom is -0.480 e. The van der Waals surface area contributed by atoms with Crippen molar-refractivity contribution in [3.8, 4) is 0 Å². The molecule has 1 saturated heterocycles. The lowest BCUT2D eigenvalue weighted by molar-refractivity contribution is -0.140. The van der Waals surface area contributed by atoms with Crippen LogP contribution in [0.15, 0.2) is 10.6 Å². The van der Waals surface area contributed by atoms with Crippen LogP contribution < -0.4 is 5.32 Å². The van der Waals surface area contributed by atoms with Gasteiger partial charge < -0.3 is 19.8 Å². The molecular weight excluding hydrogens is 312 g/mol. The van der Waals surface area contributed by atoms with Crippen molar-refractivity contribution < 1.29 is 19.2 Å². The highest BCUT2D eigenvalue weighted by molar-refractivity contribution is 6.06. The van der Waals surface area contributed by atoms with Gasteiger partial charge in [-0.3, -0.25) is 9.59 Å². The van der Waals surface area contributed by atoms with Gasteiger partial charge >= 0.3 is 5.97 Å². The van der Waals surface area contributed by atoms with E-state index in [2.05, 4.69) is 15.5 Å². The van der Waals surface area contributed by atoms with Gasteiger partial charge in [0.05, 0.1) is 16.6 Å². The monoisotopic (exact) mass is 330 g/mol. The van der Waals surface area contributed by atoms with E-state index in [0.29, 0.717) is 41.4 Å². The van der Waals surface area contributed by atoms with E-state index < -0.39 is 12.0 Å². The summed E-state index contributed by atoms with van der Waals surface area (Å²) in [5.74, 6) is -0.767. The molecule has 1 atom stereocenters. The fourth-order valence-electron chi connectivity index (χ4n) is 3.14. The third kappa shape index (κ3) is 2.52. The Morgan fingerprint density at radius 1 is 1.42 bits per heavy atom. The average Bonchev–Trinajstić information content (AvgIpc) is 3.37. The first-order valence-electron chi connectivity index (χ1n) is 8.07. The number of carbonyl (C=O) groups is 2. The number of carbonyl (C=O) groups excluding carboxylic acids is 1. The van der Waals surface area contributed by atoms with Crippen LogP contribution in [0.3, 0.4) is 0 Å². The summed E-state index contributed by atoms with van der Waals surface area (Å²) in [5.41, 5.74) is 2.36. The highest BCUT2D eigenvalue weighted by atomic mass is 16.5. The number of aromatic nitrogens is 2. The number of aryl methyl sites for hydroxylation is 1. The van der Waals surface area contributed by atoms with E-state index in [9.17, 15) is 14.7 Å². The molecule has 0 radical (unpaired) electrons. The Morgan fingerprint density at radius 2 is 2.21 bits per heavy atom.